The van der Waals surface area contributed by atoms with Crippen molar-refractivity contribution >= 4 is 17.6 Å². The van der Waals surface area contributed by atoms with E-state index in [-0.39, 0.29) is 0 Å². The van der Waals surface area contributed by atoms with E-state index in [0.717, 1.165) is 34.9 Å². The molecule has 0 saturated heterocycles. The summed E-state index contributed by atoms with van der Waals surface area (Å²) in [4.78, 5) is 9.15. The third kappa shape index (κ3) is 5.25. The van der Waals surface area contributed by atoms with E-state index in [0.29, 0.717) is 5.92 Å². The molecule has 0 saturated carbocycles. The molecule has 4 heteroatoms. The SMILES string of the molecule is CCNc1cc(SCCC(C)C)nc(C(C)C)n1. The monoisotopic (exact) mass is 267 g/mol. The molecule has 0 atom stereocenters. The van der Waals surface area contributed by atoms with Crippen LogP contribution in [0.25, 0.3) is 0 Å². The van der Waals surface area contributed by atoms with Gasteiger partial charge < -0.3 is 5.32 Å². The first-order valence-corrected chi connectivity index (χ1v) is 7.77. The fourth-order valence-corrected chi connectivity index (χ4v) is 2.60. The molecule has 0 unspecified atom stereocenters. The van der Waals surface area contributed by atoms with Gasteiger partial charge in [-0.2, -0.15) is 0 Å². The molecule has 18 heavy (non-hydrogen) atoms. The fourth-order valence-electron chi connectivity index (χ4n) is 1.45. The van der Waals surface area contributed by atoms with Crippen LogP contribution in [0.1, 0.15) is 52.8 Å². The van der Waals surface area contributed by atoms with Crippen molar-refractivity contribution in [1.82, 2.24) is 9.97 Å². The summed E-state index contributed by atoms with van der Waals surface area (Å²) in [6, 6.07) is 2.06. The Morgan fingerprint density at radius 1 is 1.22 bits per heavy atom. The van der Waals surface area contributed by atoms with E-state index in [2.05, 4.69) is 56.0 Å². The van der Waals surface area contributed by atoms with Crippen LogP contribution in [-0.2, 0) is 0 Å². The van der Waals surface area contributed by atoms with E-state index in [1.54, 1.807) is 0 Å². The van der Waals surface area contributed by atoms with Crippen molar-refractivity contribution in [2.75, 3.05) is 17.6 Å². The minimum Gasteiger partial charge on any atom is -0.370 e. The summed E-state index contributed by atoms with van der Waals surface area (Å²) in [5, 5.41) is 4.37. The Labute approximate surface area is 115 Å². The van der Waals surface area contributed by atoms with E-state index in [1.165, 1.54) is 6.42 Å². The van der Waals surface area contributed by atoms with E-state index in [9.17, 15) is 0 Å². The van der Waals surface area contributed by atoms with Crippen LogP contribution in [0.15, 0.2) is 11.1 Å². The lowest BCUT2D eigenvalue weighted by atomic mass is 10.2. The van der Waals surface area contributed by atoms with Gasteiger partial charge in [-0.05, 0) is 25.0 Å². The molecule has 0 spiro atoms. The third-order valence-corrected chi connectivity index (χ3v) is 3.48. The molecule has 0 bridgehead atoms. The Bertz CT molecular complexity index is 364. The van der Waals surface area contributed by atoms with Gasteiger partial charge in [0.1, 0.15) is 16.7 Å². The molecular weight excluding hydrogens is 242 g/mol. The summed E-state index contributed by atoms with van der Waals surface area (Å²) in [6.45, 7) is 11.8. The average molecular weight is 267 g/mol. The van der Waals surface area contributed by atoms with Crippen LogP contribution in [0.5, 0.6) is 0 Å². The van der Waals surface area contributed by atoms with Gasteiger partial charge >= 0.3 is 0 Å². The van der Waals surface area contributed by atoms with Crippen LogP contribution in [-0.4, -0.2) is 22.3 Å². The highest BCUT2D eigenvalue weighted by Gasteiger charge is 2.08. The number of thioether (sulfide) groups is 1. The van der Waals surface area contributed by atoms with Crippen LogP contribution < -0.4 is 5.32 Å². The standard InChI is InChI=1S/C14H25N3S/c1-6-15-12-9-13(18-8-7-10(2)3)17-14(16-12)11(4)5/h9-11H,6-8H2,1-5H3,(H,15,16,17). The molecule has 102 valence electrons. The van der Waals surface area contributed by atoms with Crippen molar-refractivity contribution < 1.29 is 0 Å². The Balaban J connectivity index is 2.75. The van der Waals surface area contributed by atoms with Gasteiger partial charge in [-0.25, -0.2) is 9.97 Å². The van der Waals surface area contributed by atoms with Crippen molar-refractivity contribution in [2.24, 2.45) is 5.92 Å². The summed E-state index contributed by atoms with van der Waals surface area (Å²) in [7, 11) is 0. The molecule has 1 heterocycles. The van der Waals surface area contributed by atoms with Crippen molar-refractivity contribution in [2.45, 2.75) is 52.0 Å². The first-order chi connectivity index (χ1) is 8.52. The number of aromatic nitrogens is 2. The second-order valence-electron chi connectivity index (χ2n) is 5.17. The van der Waals surface area contributed by atoms with Gasteiger partial charge in [-0.15, -0.1) is 11.8 Å². The minimum absolute atomic E-state index is 0.369. The number of nitrogens with one attached hydrogen (secondary N) is 1. The topological polar surface area (TPSA) is 37.8 Å². The molecule has 0 aliphatic rings. The molecule has 0 radical (unpaired) electrons. The van der Waals surface area contributed by atoms with E-state index < -0.39 is 0 Å². The Kier molecular flexibility index (Phi) is 6.47. The van der Waals surface area contributed by atoms with Gasteiger partial charge in [-0.1, -0.05) is 27.7 Å². The van der Waals surface area contributed by atoms with Crippen LogP contribution >= 0.6 is 11.8 Å². The normalized spacial score (nSPS) is 11.3. The molecule has 0 aliphatic carbocycles. The van der Waals surface area contributed by atoms with Crippen molar-refractivity contribution in [3.63, 3.8) is 0 Å². The molecule has 0 aromatic carbocycles. The molecule has 1 aromatic rings. The predicted molar refractivity (Wildman–Crippen MR) is 80.5 cm³/mol. The Hall–Kier alpha value is -0.770. The first-order valence-electron chi connectivity index (χ1n) is 6.78. The maximum Gasteiger partial charge on any atom is 0.134 e. The van der Waals surface area contributed by atoms with Gasteiger partial charge in [0.05, 0.1) is 0 Å². The van der Waals surface area contributed by atoms with E-state index >= 15 is 0 Å². The molecular formula is C14H25N3S. The number of anilines is 1. The highest BCUT2D eigenvalue weighted by molar-refractivity contribution is 7.99. The number of hydrogen-bond acceptors (Lipinski definition) is 4. The molecule has 0 fully saturated rings. The second-order valence-corrected chi connectivity index (χ2v) is 6.28. The van der Waals surface area contributed by atoms with Gasteiger partial charge in [0.25, 0.3) is 0 Å². The Morgan fingerprint density at radius 2 is 1.94 bits per heavy atom. The molecule has 1 aromatic heterocycles. The number of rotatable bonds is 7. The summed E-state index contributed by atoms with van der Waals surface area (Å²) in [5.41, 5.74) is 0. The molecule has 1 N–H and O–H groups in total. The lowest BCUT2D eigenvalue weighted by Gasteiger charge is -2.11. The molecule has 0 amide bonds. The molecule has 1 rings (SSSR count). The van der Waals surface area contributed by atoms with Crippen molar-refractivity contribution in [3.05, 3.63) is 11.9 Å². The summed E-state index contributed by atoms with van der Waals surface area (Å²) >= 11 is 1.83. The van der Waals surface area contributed by atoms with Gasteiger partial charge in [-0.3, -0.25) is 0 Å². The maximum atomic E-state index is 4.62. The highest BCUT2D eigenvalue weighted by atomic mass is 32.2. The fraction of sp³-hybridized carbons (Fsp3) is 0.714. The van der Waals surface area contributed by atoms with Crippen LogP contribution in [0.2, 0.25) is 0 Å². The molecule has 0 aliphatic heterocycles. The van der Waals surface area contributed by atoms with Gasteiger partial charge in [0.15, 0.2) is 0 Å². The van der Waals surface area contributed by atoms with E-state index in [1.807, 2.05) is 11.8 Å². The van der Waals surface area contributed by atoms with Crippen LogP contribution in [0, 0.1) is 5.92 Å². The summed E-state index contributed by atoms with van der Waals surface area (Å²) in [6.07, 6.45) is 1.22. The van der Waals surface area contributed by atoms with Gasteiger partial charge in [0, 0.05) is 18.5 Å². The lowest BCUT2D eigenvalue weighted by Crippen LogP contribution is -2.05. The van der Waals surface area contributed by atoms with Gasteiger partial charge in [0.2, 0.25) is 0 Å². The average Bonchev–Trinajstić information content (AvgIpc) is 2.28. The maximum absolute atomic E-state index is 4.62. The second kappa shape index (κ2) is 7.62. The highest BCUT2D eigenvalue weighted by Crippen LogP contribution is 2.23. The zero-order valence-electron chi connectivity index (χ0n) is 12.2. The summed E-state index contributed by atoms with van der Waals surface area (Å²) < 4.78 is 0. The minimum atomic E-state index is 0.369. The third-order valence-electron chi connectivity index (χ3n) is 2.54. The largest absolute Gasteiger partial charge is 0.370 e. The first kappa shape index (κ1) is 15.3. The van der Waals surface area contributed by atoms with Crippen molar-refractivity contribution in [1.29, 1.82) is 0 Å². The predicted octanol–water partition coefficient (Wildman–Crippen LogP) is 4.17. The summed E-state index contributed by atoms with van der Waals surface area (Å²) in [5.74, 6) is 4.12. The smallest absolute Gasteiger partial charge is 0.134 e. The lowest BCUT2D eigenvalue weighted by molar-refractivity contribution is 0.631. The number of nitrogens with zero attached hydrogens (tertiary/aromatic N) is 2. The molecule has 3 nitrogen and oxygen atoms in total. The van der Waals surface area contributed by atoms with Crippen molar-refractivity contribution in [3.8, 4) is 0 Å². The van der Waals surface area contributed by atoms with Crippen LogP contribution in [0.4, 0.5) is 5.82 Å². The quantitative estimate of drug-likeness (QED) is 0.594. The van der Waals surface area contributed by atoms with E-state index in [4.69, 9.17) is 0 Å². The zero-order valence-corrected chi connectivity index (χ0v) is 13.0. The van der Waals surface area contributed by atoms with Crippen LogP contribution in [0.3, 0.4) is 0 Å². The number of hydrogen-bond donors (Lipinski definition) is 1. The Morgan fingerprint density at radius 3 is 2.50 bits per heavy atom. The zero-order chi connectivity index (χ0) is 13.5.